The van der Waals surface area contributed by atoms with E-state index in [0.29, 0.717) is 0 Å². The van der Waals surface area contributed by atoms with Gasteiger partial charge in [0, 0.05) is 0 Å². The van der Waals surface area contributed by atoms with Crippen molar-refractivity contribution in [3.63, 3.8) is 0 Å². The number of carbonyl (C=O) groups is 2. The molecule has 2 N–H and O–H groups in total. The van der Waals surface area contributed by atoms with Gasteiger partial charge in [-0.1, -0.05) is 0 Å². The lowest BCUT2D eigenvalue weighted by Gasteiger charge is -2.17. The van der Waals surface area contributed by atoms with Crippen LogP contribution in [0.15, 0.2) is 4.42 Å². The predicted molar refractivity (Wildman–Crippen MR) is 60.8 cm³/mol. The van der Waals surface area contributed by atoms with E-state index in [-0.39, 0.29) is 23.9 Å². The van der Waals surface area contributed by atoms with Crippen LogP contribution in [-0.2, 0) is 16.0 Å². The zero-order valence-electron chi connectivity index (χ0n) is 10.8. The Balaban J connectivity index is 2.70. The highest BCUT2D eigenvalue weighted by Crippen LogP contribution is 2.13. The Kier molecular flexibility index (Phi) is 4.07. The van der Waals surface area contributed by atoms with E-state index < -0.39 is 17.7 Å². The van der Waals surface area contributed by atoms with Crippen molar-refractivity contribution < 1.29 is 23.5 Å². The number of oxazole rings is 1. The van der Waals surface area contributed by atoms with Crippen molar-refractivity contribution in [2.45, 2.75) is 39.8 Å². The fourth-order valence-corrected chi connectivity index (χ4v) is 1.12. The van der Waals surface area contributed by atoms with Gasteiger partial charge in [0.05, 0.1) is 6.54 Å². The van der Waals surface area contributed by atoms with Crippen LogP contribution < -0.4 is 5.73 Å². The number of esters is 1. The highest BCUT2D eigenvalue weighted by atomic mass is 16.7. The summed E-state index contributed by atoms with van der Waals surface area (Å²) in [6, 6.07) is 0. The second-order valence-electron chi connectivity index (χ2n) is 4.57. The maximum Gasteiger partial charge on any atom is 0.516 e. The quantitative estimate of drug-likeness (QED) is 0.631. The maximum absolute atomic E-state index is 11.6. The van der Waals surface area contributed by atoms with E-state index in [1.54, 1.807) is 20.8 Å². The summed E-state index contributed by atoms with van der Waals surface area (Å²) in [5.41, 5.74) is 4.50. The first-order valence-electron chi connectivity index (χ1n) is 5.34. The minimum atomic E-state index is -1.08. The second kappa shape index (κ2) is 5.18. The maximum atomic E-state index is 11.6. The lowest BCUT2D eigenvalue weighted by molar-refractivity contribution is -0.00184. The summed E-state index contributed by atoms with van der Waals surface area (Å²) in [6.07, 6.45) is -1.08. The Morgan fingerprint density at radius 3 is 2.44 bits per heavy atom. The Morgan fingerprint density at radius 2 is 2.00 bits per heavy atom. The first-order chi connectivity index (χ1) is 8.23. The highest BCUT2D eigenvalue weighted by Gasteiger charge is 2.24. The molecule has 1 aromatic rings. The normalized spacial score (nSPS) is 11.2. The molecule has 1 rings (SSSR count). The van der Waals surface area contributed by atoms with Crippen LogP contribution in [0.25, 0.3) is 0 Å². The molecule has 0 fully saturated rings. The molecular weight excluding hydrogens is 240 g/mol. The molecule has 0 bridgehead atoms. The molecule has 0 unspecified atom stereocenters. The number of aromatic nitrogens is 1. The molecule has 0 aliphatic heterocycles. The standard InChI is InChI=1S/C11H16N2O5/c1-6-8(13-7(5-12)16-6)9(14)17-10(15)18-11(2,3)4/h5,12H2,1-4H3. The molecule has 0 aliphatic carbocycles. The van der Waals surface area contributed by atoms with Crippen molar-refractivity contribution in [1.29, 1.82) is 0 Å². The van der Waals surface area contributed by atoms with E-state index in [1.165, 1.54) is 6.92 Å². The molecule has 0 aromatic carbocycles. The molecular formula is C11H16N2O5. The van der Waals surface area contributed by atoms with Gasteiger partial charge in [0.1, 0.15) is 11.4 Å². The van der Waals surface area contributed by atoms with Gasteiger partial charge in [-0.15, -0.1) is 0 Å². The van der Waals surface area contributed by atoms with Gasteiger partial charge in [0.2, 0.25) is 5.89 Å². The summed E-state index contributed by atoms with van der Waals surface area (Å²) >= 11 is 0. The van der Waals surface area contributed by atoms with Crippen molar-refractivity contribution in [2.75, 3.05) is 0 Å². The van der Waals surface area contributed by atoms with Crippen LogP contribution in [-0.4, -0.2) is 22.7 Å². The van der Waals surface area contributed by atoms with Crippen LogP contribution in [0.1, 0.15) is 42.9 Å². The van der Waals surface area contributed by atoms with E-state index in [9.17, 15) is 9.59 Å². The smallest absolute Gasteiger partial charge is 0.444 e. The summed E-state index contributed by atoms with van der Waals surface area (Å²) in [5.74, 6) is -0.488. The van der Waals surface area contributed by atoms with E-state index in [1.807, 2.05) is 0 Å². The van der Waals surface area contributed by atoms with Crippen molar-refractivity contribution in [2.24, 2.45) is 5.73 Å². The summed E-state index contributed by atoms with van der Waals surface area (Å²) in [6.45, 7) is 6.56. The molecule has 0 atom stereocenters. The number of hydrogen-bond acceptors (Lipinski definition) is 7. The molecule has 0 spiro atoms. The monoisotopic (exact) mass is 256 g/mol. The Bertz CT molecular complexity index is 458. The van der Waals surface area contributed by atoms with Gasteiger partial charge in [0.15, 0.2) is 5.69 Å². The lowest BCUT2D eigenvalue weighted by Crippen LogP contribution is -2.26. The first kappa shape index (κ1) is 14.2. The zero-order valence-corrected chi connectivity index (χ0v) is 10.8. The Morgan fingerprint density at radius 1 is 1.39 bits per heavy atom. The predicted octanol–water partition coefficient (Wildman–Crippen LogP) is 1.53. The fourth-order valence-electron chi connectivity index (χ4n) is 1.12. The molecule has 0 aliphatic rings. The molecule has 0 radical (unpaired) electrons. The molecule has 7 heteroatoms. The van der Waals surface area contributed by atoms with Crippen molar-refractivity contribution in [3.8, 4) is 0 Å². The van der Waals surface area contributed by atoms with Gasteiger partial charge in [-0.3, -0.25) is 0 Å². The third kappa shape index (κ3) is 3.85. The minimum absolute atomic E-state index is 0.0561. The SMILES string of the molecule is Cc1oc(CN)nc1C(=O)OC(=O)OC(C)(C)C. The van der Waals surface area contributed by atoms with Gasteiger partial charge in [-0.05, 0) is 27.7 Å². The van der Waals surface area contributed by atoms with E-state index in [0.717, 1.165) is 0 Å². The average Bonchev–Trinajstić information content (AvgIpc) is 2.56. The zero-order chi connectivity index (χ0) is 13.9. The van der Waals surface area contributed by atoms with Crippen LogP contribution in [0.5, 0.6) is 0 Å². The molecule has 1 heterocycles. The van der Waals surface area contributed by atoms with Crippen molar-refractivity contribution in [3.05, 3.63) is 17.3 Å². The van der Waals surface area contributed by atoms with Crippen LogP contribution in [0, 0.1) is 6.92 Å². The van der Waals surface area contributed by atoms with Crippen LogP contribution in [0.4, 0.5) is 4.79 Å². The van der Waals surface area contributed by atoms with Crippen molar-refractivity contribution in [1.82, 2.24) is 4.98 Å². The molecule has 7 nitrogen and oxygen atoms in total. The number of aryl methyl sites for hydroxylation is 1. The average molecular weight is 256 g/mol. The largest absolute Gasteiger partial charge is 0.516 e. The summed E-state index contributed by atoms with van der Waals surface area (Å²) in [5, 5.41) is 0. The third-order valence-electron chi connectivity index (χ3n) is 1.77. The minimum Gasteiger partial charge on any atom is -0.444 e. The molecule has 0 saturated heterocycles. The summed E-state index contributed by atoms with van der Waals surface area (Å²) in [4.78, 5) is 26.7. The molecule has 18 heavy (non-hydrogen) atoms. The Hall–Kier alpha value is -1.89. The molecule has 1 aromatic heterocycles. The number of hydrogen-bond donors (Lipinski definition) is 1. The first-order valence-corrected chi connectivity index (χ1v) is 5.34. The highest BCUT2D eigenvalue weighted by molar-refractivity contribution is 5.94. The van der Waals surface area contributed by atoms with Gasteiger partial charge in [-0.2, -0.15) is 0 Å². The molecule has 100 valence electrons. The number of carbonyl (C=O) groups excluding carboxylic acids is 2. The van der Waals surface area contributed by atoms with Gasteiger partial charge >= 0.3 is 12.1 Å². The number of rotatable bonds is 2. The van der Waals surface area contributed by atoms with Gasteiger partial charge in [-0.25, -0.2) is 14.6 Å². The summed E-state index contributed by atoms with van der Waals surface area (Å²) < 4.78 is 14.4. The van der Waals surface area contributed by atoms with Crippen molar-refractivity contribution >= 4 is 12.1 Å². The molecule has 0 amide bonds. The summed E-state index contributed by atoms with van der Waals surface area (Å²) in [7, 11) is 0. The third-order valence-corrected chi connectivity index (χ3v) is 1.77. The topological polar surface area (TPSA) is 105 Å². The van der Waals surface area contributed by atoms with E-state index >= 15 is 0 Å². The van der Waals surface area contributed by atoms with Crippen LogP contribution in [0.2, 0.25) is 0 Å². The second-order valence-corrected chi connectivity index (χ2v) is 4.57. The van der Waals surface area contributed by atoms with Gasteiger partial charge in [0.25, 0.3) is 0 Å². The molecule has 0 saturated carbocycles. The van der Waals surface area contributed by atoms with E-state index in [4.69, 9.17) is 14.9 Å². The Labute approximate surface area is 104 Å². The number of nitrogens with two attached hydrogens (primary N) is 1. The van der Waals surface area contributed by atoms with Crippen LogP contribution in [0.3, 0.4) is 0 Å². The van der Waals surface area contributed by atoms with E-state index in [2.05, 4.69) is 9.72 Å². The fraction of sp³-hybridized carbons (Fsp3) is 0.545. The lowest BCUT2D eigenvalue weighted by atomic mass is 10.2. The number of ether oxygens (including phenoxy) is 2. The van der Waals surface area contributed by atoms with Crippen LogP contribution >= 0.6 is 0 Å². The van der Waals surface area contributed by atoms with Gasteiger partial charge < -0.3 is 19.6 Å². The number of nitrogens with zero attached hydrogens (tertiary/aromatic N) is 1.